The maximum absolute atomic E-state index is 4.58. The van der Waals surface area contributed by atoms with Gasteiger partial charge in [0.1, 0.15) is 0 Å². The molecule has 0 spiro atoms. The fourth-order valence-electron chi connectivity index (χ4n) is 1.59. The third-order valence-corrected chi connectivity index (χ3v) is 2.21. The van der Waals surface area contributed by atoms with Crippen molar-refractivity contribution in [3.8, 4) is 0 Å². The molecule has 0 saturated carbocycles. The highest BCUT2D eigenvalue weighted by Gasteiger charge is 2.02. The van der Waals surface area contributed by atoms with Crippen LogP contribution in [0.4, 0.5) is 0 Å². The van der Waals surface area contributed by atoms with Crippen LogP contribution in [0.1, 0.15) is 43.6 Å². The summed E-state index contributed by atoms with van der Waals surface area (Å²) in [7, 11) is 0. The molecule has 1 heterocycles. The Labute approximate surface area is 81.2 Å². The molecule has 1 nitrogen and oxygen atoms in total. The summed E-state index contributed by atoms with van der Waals surface area (Å²) in [6.07, 6.45) is 4.69. The third-order valence-electron chi connectivity index (χ3n) is 2.21. The molecule has 0 saturated heterocycles. The van der Waals surface area contributed by atoms with E-state index in [2.05, 4.69) is 37.9 Å². The van der Waals surface area contributed by atoms with Crippen molar-refractivity contribution in [1.29, 1.82) is 0 Å². The lowest BCUT2D eigenvalue weighted by Gasteiger charge is -2.07. The number of hydrogen-bond acceptors (Lipinski definition) is 1. The van der Waals surface area contributed by atoms with Gasteiger partial charge in [0.05, 0.1) is 0 Å². The summed E-state index contributed by atoms with van der Waals surface area (Å²) in [4.78, 5) is 4.58. The zero-order valence-electron chi connectivity index (χ0n) is 8.93. The maximum Gasteiger partial charge on any atom is 0.0438 e. The highest BCUT2D eigenvalue weighted by Crippen LogP contribution is 2.11. The van der Waals surface area contributed by atoms with Gasteiger partial charge in [-0.3, -0.25) is 4.98 Å². The van der Waals surface area contributed by atoms with Crippen molar-refractivity contribution in [1.82, 2.24) is 4.98 Å². The van der Waals surface area contributed by atoms with Crippen molar-refractivity contribution in [2.75, 3.05) is 0 Å². The zero-order chi connectivity index (χ0) is 9.68. The van der Waals surface area contributed by atoms with E-state index in [1.54, 1.807) is 0 Å². The lowest BCUT2D eigenvalue weighted by Crippen LogP contribution is -1.98. The van der Waals surface area contributed by atoms with E-state index in [4.69, 9.17) is 0 Å². The summed E-state index contributed by atoms with van der Waals surface area (Å²) in [6.45, 7) is 6.49. The summed E-state index contributed by atoms with van der Waals surface area (Å²) in [5, 5.41) is 0. The van der Waals surface area contributed by atoms with E-state index in [1.807, 2.05) is 0 Å². The van der Waals surface area contributed by atoms with Crippen LogP contribution in [0.5, 0.6) is 0 Å². The molecule has 0 bridgehead atoms. The maximum atomic E-state index is 4.58. The second-order valence-corrected chi connectivity index (χ2v) is 3.56. The Morgan fingerprint density at radius 1 is 1.08 bits per heavy atom. The molecule has 0 aliphatic carbocycles. The predicted molar refractivity (Wildman–Crippen MR) is 57.0 cm³/mol. The van der Waals surface area contributed by atoms with Crippen molar-refractivity contribution >= 4 is 0 Å². The highest BCUT2D eigenvalue weighted by atomic mass is 14.7. The van der Waals surface area contributed by atoms with E-state index in [1.165, 1.54) is 30.5 Å². The highest BCUT2D eigenvalue weighted by molar-refractivity contribution is 5.23. The Morgan fingerprint density at radius 3 is 2.38 bits per heavy atom. The first-order valence-corrected chi connectivity index (χ1v) is 5.23. The average molecular weight is 177 g/mol. The van der Waals surface area contributed by atoms with Gasteiger partial charge in [-0.25, -0.2) is 0 Å². The molecule has 0 unspecified atom stereocenters. The van der Waals surface area contributed by atoms with Gasteiger partial charge in [-0.2, -0.15) is 0 Å². The van der Waals surface area contributed by atoms with Crippen LogP contribution in [0, 0.1) is 6.92 Å². The standard InChI is InChI=1S/C12H19N/c1-4-6-11-9-8-10(3)13-12(11)7-5-2/h8-9H,4-7H2,1-3H3. The van der Waals surface area contributed by atoms with Crippen molar-refractivity contribution < 1.29 is 0 Å². The van der Waals surface area contributed by atoms with Crippen LogP contribution in [0.15, 0.2) is 12.1 Å². The number of nitrogens with zero attached hydrogens (tertiary/aromatic N) is 1. The van der Waals surface area contributed by atoms with Gasteiger partial charge in [-0.05, 0) is 31.4 Å². The van der Waals surface area contributed by atoms with E-state index < -0.39 is 0 Å². The Bertz CT molecular complexity index is 266. The Kier molecular flexibility index (Phi) is 3.94. The van der Waals surface area contributed by atoms with Gasteiger partial charge in [0.15, 0.2) is 0 Å². The molecule has 0 radical (unpaired) electrons. The van der Waals surface area contributed by atoms with Gasteiger partial charge >= 0.3 is 0 Å². The summed E-state index contributed by atoms with van der Waals surface area (Å²) in [6, 6.07) is 4.35. The minimum atomic E-state index is 1.12. The van der Waals surface area contributed by atoms with Gasteiger partial charge in [0, 0.05) is 11.4 Å². The molecule has 1 aromatic rings. The molecule has 72 valence electrons. The second-order valence-electron chi connectivity index (χ2n) is 3.56. The van der Waals surface area contributed by atoms with Crippen molar-refractivity contribution in [2.45, 2.75) is 46.5 Å². The molecule has 0 aliphatic heterocycles. The largest absolute Gasteiger partial charge is 0.258 e. The molecule has 13 heavy (non-hydrogen) atoms. The molecule has 0 aliphatic rings. The predicted octanol–water partition coefficient (Wildman–Crippen LogP) is 3.30. The third kappa shape index (κ3) is 2.83. The normalized spacial score (nSPS) is 10.4. The minimum absolute atomic E-state index is 1.12. The fourth-order valence-corrected chi connectivity index (χ4v) is 1.59. The molecule has 1 rings (SSSR count). The molecule has 1 heteroatoms. The van der Waals surface area contributed by atoms with Crippen molar-refractivity contribution in [3.05, 3.63) is 29.1 Å². The lowest BCUT2D eigenvalue weighted by atomic mass is 10.0. The van der Waals surface area contributed by atoms with E-state index in [9.17, 15) is 0 Å². The van der Waals surface area contributed by atoms with Crippen LogP contribution >= 0.6 is 0 Å². The van der Waals surface area contributed by atoms with Crippen LogP contribution in [0.3, 0.4) is 0 Å². The molecular formula is C12H19N. The molecule has 1 aromatic heterocycles. The average Bonchev–Trinajstić information content (AvgIpc) is 2.10. The Morgan fingerprint density at radius 2 is 1.77 bits per heavy atom. The van der Waals surface area contributed by atoms with Crippen LogP contribution in [-0.2, 0) is 12.8 Å². The summed E-state index contributed by atoms with van der Waals surface area (Å²) < 4.78 is 0. The second kappa shape index (κ2) is 5.00. The number of aromatic nitrogens is 1. The zero-order valence-corrected chi connectivity index (χ0v) is 8.93. The topological polar surface area (TPSA) is 12.9 Å². The minimum Gasteiger partial charge on any atom is -0.258 e. The van der Waals surface area contributed by atoms with Gasteiger partial charge in [-0.1, -0.05) is 32.8 Å². The molecule has 0 fully saturated rings. The Hall–Kier alpha value is -0.850. The van der Waals surface area contributed by atoms with Gasteiger partial charge < -0.3 is 0 Å². The van der Waals surface area contributed by atoms with E-state index in [0.717, 1.165) is 12.1 Å². The van der Waals surface area contributed by atoms with E-state index in [0.29, 0.717) is 0 Å². The first kappa shape index (κ1) is 10.2. The smallest absolute Gasteiger partial charge is 0.0438 e. The molecular weight excluding hydrogens is 158 g/mol. The van der Waals surface area contributed by atoms with Crippen LogP contribution in [-0.4, -0.2) is 4.98 Å². The molecule has 0 aromatic carbocycles. The van der Waals surface area contributed by atoms with Crippen LogP contribution < -0.4 is 0 Å². The van der Waals surface area contributed by atoms with Gasteiger partial charge in [-0.15, -0.1) is 0 Å². The first-order valence-electron chi connectivity index (χ1n) is 5.23. The van der Waals surface area contributed by atoms with Gasteiger partial charge in [0.2, 0.25) is 0 Å². The fraction of sp³-hybridized carbons (Fsp3) is 0.583. The number of aryl methyl sites for hydroxylation is 3. The molecule has 0 amide bonds. The number of rotatable bonds is 4. The summed E-state index contributed by atoms with van der Waals surface area (Å²) in [5.74, 6) is 0. The summed E-state index contributed by atoms with van der Waals surface area (Å²) >= 11 is 0. The first-order chi connectivity index (χ1) is 6.27. The van der Waals surface area contributed by atoms with Crippen LogP contribution in [0.2, 0.25) is 0 Å². The summed E-state index contributed by atoms with van der Waals surface area (Å²) in [5.41, 5.74) is 3.89. The van der Waals surface area contributed by atoms with E-state index in [-0.39, 0.29) is 0 Å². The lowest BCUT2D eigenvalue weighted by molar-refractivity contribution is 0.822. The number of pyridine rings is 1. The van der Waals surface area contributed by atoms with E-state index >= 15 is 0 Å². The monoisotopic (exact) mass is 177 g/mol. The van der Waals surface area contributed by atoms with Crippen molar-refractivity contribution in [2.24, 2.45) is 0 Å². The molecule has 0 atom stereocenters. The van der Waals surface area contributed by atoms with Crippen molar-refractivity contribution in [3.63, 3.8) is 0 Å². The van der Waals surface area contributed by atoms with Gasteiger partial charge in [0.25, 0.3) is 0 Å². The Balaban J connectivity index is 2.89. The molecule has 0 N–H and O–H groups in total. The number of hydrogen-bond donors (Lipinski definition) is 0. The van der Waals surface area contributed by atoms with Crippen LogP contribution in [0.25, 0.3) is 0 Å². The SMILES string of the molecule is CCCc1ccc(C)nc1CCC. The quantitative estimate of drug-likeness (QED) is 0.687.